The second-order valence-corrected chi connectivity index (χ2v) is 10.4. The van der Waals surface area contributed by atoms with Crippen molar-refractivity contribution in [2.24, 2.45) is 5.92 Å². The van der Waals surface area contributed by atoms with E-state index in [-0.39, 0.29) is 24.6 Å². The molecule has 4 rings (SSSR count). The highest BCUT2D eigenvalue weighted by atomic mass is 19.4. The molecule has 2 aliphatic rings. The highest BCUT2D eigenvalue weighted by Gasteiger charge is 2.34. The number of hydrogen-bond acceptors (Lipinski definition) is 4. The highest BCUT2D eigenvalue weighted by Crippen LogP contribution is 2.38. The average Bonchev–Trinajstić information content (AvgIpc) is 3.65. The van der Waals surface area contributed by atoms with E-state index in [2.05, 4.69) is 23.2 Å². The second kappa shape index (κ2) is 11.2. The van der Waals surface area contributed by atoms with Crippen LogP contribution in [0, 0.1) is 5.92 Å². The molecule has 0 unspecified atom stereocenters. The summed E-state index contributed by atoms with van der Waals surface area (Å²) in [6.07, 6.45) is -0.875. The number of alkyl halides is 3. The average molecular weight is 503 g/mol. The number of hydrogen-bond donors (Lipinski definition) is 1. The Hall–Kier alpha value is -2.58. The van der Waals surface area contributed by atoms with Gasteiger partial charge in [-0.25, -0.2) is 0 Å². The molecule has 0 spiro atoms. The summed E-state index contributed by atoms with van der Waals surface area (Å²) >= 11 is 0. The Balaban J connectivity index is 1.46. The fraction of sp³-hybridized carbons (Fsp3) is 0.536. The molecule has 1 amide bonds. The summed E-state index contributed by atoms with van der Waals surface area (Å²) in [6, 6.07) is 12.0. The molecule has 0 bridgehead atoms. The van der Waals surface area contributed by atoms with Gasteiger partial charge < -0.3 is 15.1 Å². The molecule has 1 saturated carbocycles. The normalized spacial score (nSPS) is 18.2. The van der Waals surface area contributed by atoms with E-state index >= 15 is 0 Å². The quantitative estimate of drug-likeness (QED) is 0.494. The first-order valence-electron chi connectivity index (χ1n) is 12.8. The molecule has 196 valence electrons. The van der Waals surface area contributed by atoms with Gasteiger partial charge in [0.25, 0.3) is 0 Å². The summed E-state index contributed by atoms with van der Waals surface area (Å²) in [4.78, 5) is 19.3. The number of likely N-dealkylation sites (N-methyl/N-ethyl adjacent to an activating group) is 1. The van der Waals surface area contributed by atoms with Gasteiger partial charge >= 0.3 is 6.18 Å². The maximum Gasteiger partial charge on any atom is 0.416 e. The number of fused-ring (bicyclic) bond motifs is 1. The van der Waals surface area contributed by atoms with Crippen molar-refractivity contribution >= 4 is 11.6 Å². The minimum Gasteiger partial charge on any atom is -0.376 e. The largest absolute Gasteiger partial charge is 0.416 e. The third kappa shape index (κ3) is 6.59. The zero-order valence-electron chi connectivity index (χ0n) is 21.4. The molecule has 36 heavy (non-hydrogen) atoms. The molecule has 5 nitrogen and oxygen atoms in total. The van der Waals surface area contributed by atoms with Crippen LogP contribution in [0.2, 0.25) is 0 Å². The van der Waals surface area contributed by atoms with E-state index in [1.54, 1.807) is 6.07 Å². The lowest BCUT2D eigenvalue weighted by molar-refractivity contribution is -0.139. The molecule has 2 aromatic carbocycles. The summed E-state index contributed by atoms with van der Waals surface area (Å²) in [5.41, 5.74) is 2.90. The number of rotatable bonds is 10. The van der Waals surface area contributed by atoms with Crippen LogP contribution in [-0.2, 0) is 23.9 Å². The lowest BCUT2D eigenvalue weighted by atomic mass is 9.92. The van der Waals surface area contributed by atoms with Crippen LogP contribution >= 0.6 is 0 Å². The number of amides is 1. The maximum atomic E-state index is 13.5. The number of benzene rings is 2. The second-order valence-electron chi connectivity index (χ2n) is 10.4. The van der Waals surface area contributed by atoms with Crippen LogP contribution in [0.25, 0.3) is 0 Å². The van der Waals surface area contributed by atoms with Gasteiger partial charge in [0.1, 0.15) is 0 Å². The first-order valence-corrected chi connectivity index (χ1v) is 12.8. The Morgan fingerprint density at radius 3 is 2.53 bits per heavy atom. The Morgan fingerprint density at radius 2 is 1.83 bits per heavy atom. The van der Waals surface area contributed by atoms with Gasteiger partial charge in [-0.2, -0.15) is 13.2 Å². The summed E-state index contributed by atoms with van der Waals surface area (Å²) < 4.78 is 40.6. The number of carbonyl (C=O) groups is 1. The minimum absolute atomic E-state index is 0.0399. The number of carbonyl (C=O) groups excluding carboxylic acids is 1. The molecular weight excluding hydrogens is 465 g/mol. The van der Waals surface area contributed by atoms with Crippen molar-refractivity contribution in [2.45, 2.75) is 44.9 Å². The molecule has 1 fully saturated rings. The zero-order chi connectivity index (χ0) is 25.9. The number of anilines is 1. The van der Waals surface area contributed by atoms with Gasteiger partial charge in [0.2, 0.25) is 5.91 Å². The fourth-order valence-corrected chi connectivity index (χ4v) is 5.00. The van der Waals surface area contributed by atoms with Crippen molar-refractivity contribution in [2.75, 3.05) is 52.1 Å². The third-order valence-electron chi connectivity index (χ3n) is 7.33. The molecule has 2 aromatic rings. The van der Waals surface area contributed by atoms with Gasteiger partial charge in [-0.3, -0.25) is 9.69 Å². The van der Waals surface area contributed by atoms with Gasteiger partial charge in [0, 0.05) is 44.5 Å². The Labute approximate surface area is 212 Å². The van der Waals surface area contributed by atoms with Crippen LogP contribution in [0.3, 0.4) is 0 Å². The molecule has 1 aliphatic carbocycles. The van der Waals surface area contributed by atoms with E-state index in [1.807, 2.05) is 31.1 Å². The Kier molecular flexibility index (Phi) is 8.25. The monoisotopic (exact) mass is 502 g/mol. The molecule has 1 atom stereocenters. The first-order chi connectivity index (χ1) is 17.1. The minimum atomic E-state index is -4.46. The first kappa shape index (κ1) is 26.5. The summed E-state index contributed by atoms with van der Waals surface area (Å²) in [5, 5.41) is 3.31. The van der Waals surface area contributed by atoms with E-state index in [0.29, 0.717) is 19.1 Å². The summed E-state index contributed by atoms with van der Waals surface area (Å²) in [5.74, 6) is 0.620. The fourth-order valence-electron chi connectivity index (χ4n) is 5.00. The van der Waals surface area contributed by atoms with Crippen LogP contribution in [0.15, 0.2) is 42.5 Å². The van der Waals surface area contributed by atoms with E-state index in [0.717, 1.165) is 37.2 Å². The van der Waals surface area contributed by atoms with Crippen LogP contribution in [0.5, 0.6) is 0 Å². The predicted molar refractivity (Wildman–Crippen MR) is 137 cm³/mol. The van der Waals surface area contributed by atoms with Crippen LogP contribution in [-0.4, -0.2) is 67.4 Å². The molecule has 1 N–H and O–H groups in total. The molecule has 0 saturated heterocycles. The van der Waals surface area contributed by atoms with Crippen LogP contribution in [0.1, 0.15) is 48.1 Å². The summed E-state index contributed by atoms with van der Waals surface area (Å²) in [6.45, 7) is 5.27. The molecule has 1 heterocycles. The van der Waals surface area contributed by atoms with E-state index in [1.165, 1.54) is 41.0 Å². The van der Waals surface area contributed by atoms with Crippen LogP contribution < -0.4 is 5.32 Å². The van der Waals surface area contributed by atoms with E-state index in [9.17, 15) is 18.0 Å². The van der Waals surface area contributed by atoms with Crippen LogP contribution in [0.4, 0.5) is 18.9 Å². The third-order valence-corrected chi connectivity index (χ3v) is 7.33. The maximum absolute atomic E-state index is 13.5. The molecule has 0 radical (unpaired) electrons. The van der Waals surface area contributed by atoms with Crippen molar-refractivity contribution in [3.05, 3.63) is 64.7 Å². The summed E-state index contributed by atoms with van der Waals surface area (Å²) in [7, 11) is 3.77. The standard InChI is InChI=1S/C28H37F3N4O/c1-20-23-8-6-10-26(24(23)13-14-34(20)18-21-11-12-21)32-17-27(36)35(16-15-33(2)3)19-22-7-4-5-9-25(22)28(29,30)31/h4-10,20-21,32H,11-19H2,1-3H3/t20-/m1/s1. The predicted octanol–water partition coefficient (Wildman–Crippen LogP) is 5.04. The topological polar surface area (TPSA) is 38.8 Å². The van der Waals surface area contributed by atoms with Crippen molar-refractivity contribution in [3.63, 3.8) is 0 Å². The van der Waals surface area contributed by atoms with Crippen molar-refractivity contribution < 1.29 is 18.0 Å². The number of nitrogens with one attached hydrogen (secondary N) is 1. The van der Waals surface area contributed by atoms with Crippen molar-refractivity contribution in [1.82, 2.24) is 14.7 Å². The molecule has 0 aromatic heterocycles. The Morgan fingerprint density at radius 1 is 1.08 bits per heavy atom. The Bertz CT molecular complexity index is 1050. The smallest absolute Gasteiger partial charge is 0.376 e. The van der Waals surface area contributed by atoms with Gasteiger partial charge in [-0.15, -0.1) is 0 Å². The van der Waals surface area contributed by atoms with E-state index in [4.69, 9.17) is 0 Å². The number of halogens is 3. The van der Waals surface area contributed by atoms with Gasteiger partial charge in [0.15, 0.2) is 0 Å². The lowest BCUT2D eigenvalue weighted by Gasteiger charge is -2.36. The molecule has 8 heteroatoms. The zero-order valence-corrected chi connectivity index (χ0v) is 21.4. The van der Waals surface area contributed by atoms with Crippen molar-refractivity contribution in [1.29, 1.82) is 0 Å². The highest BCUT2D eigenvalue weighted by molar-refractivity contribution is 5.81. The SMILES string of the molecule is C[C@@H]1c2cccc(NCC(=O)N(CCN(C)C)Cc3ccccc3C(F)(F)F)c2CCN1CC1CC1. The van der Waals surface area contributed by atoms with Crippen molar-refractivity contribution in [3.8, 4) is 0 Å². The lowest BCUT2D eigenvalue weighted by Crippen LogP contribution is -2.40. The van der Waals surface area contributed by atoms with Gasteiger partial charge in [0.05, 0.1) is 12.1 Å². The van der Waals surface area contributed by atoms with Gasteiger partial charge in [-0.1, -0.05) is 30.3 Å². The number of nitrogens with zero attached hydrogens (tertiary/aromatic N) is 3. The van der Waals surface area contributed by atoms with E-state index < -0.39 is 11.7 Å². The molecule has 1 aliphatic heterocycles. The molecular formula is C28H37F3N4O. The van der Waals surface area contributed by atoms with Gasteiger partial charge in [-0.05, 0) is 75.0 Å².